The Morgan fingerprint density at radius 1 is 1.20 bits per heavy atom. The van der Waals surface area contributed by atoms with Crippen molar-refractivity contribution in [2.24, 2.45) is 0 Å². The zero-order chi connectivity index (χ0) is 17.8. The van der Waals surface area contributed by atoms with Gasteiger partial charge in [0.25, 0.3) is 5.91 Å². The molecule has 2 aliphatic rings. The fraction of sp³-hybridized carbons (Fsp3) is 0.556. The molecule has 7 heteroatoms. The normalized spacial score (nSPS) is 22.3. The van der Waals surface area contributed by atoms with Gasteiger partial charge in [-0.05, 0) is 25.0 Å². The Morgan fingerprint density at radius 3 is 2.68 bits per heavy atom. The molecule has 1 aliphatic carbocycles. The maximum atomic E-state index is 12.2. The van der Waals surface area contributed by atoms with E-state index in [-0.39, 0.29) is 30.6 Å². The number of hydrogen-bond donors (Lipinski definition) is 3. The van der Waals surface area contributed by atoms with Crippen LogP contribution in [-0.2, 0) is 4.79 Å². The highest BCUT2D eigenvalue weighted by atomic mass is 16.5. The molecule has 0 bridgehead atoms. The fourth-order valence-electron chi connectivity index (χ4n) is 3.43. The number of benzene rings is 1. The first kappa shape index (κ1) is 17.5. The van der Waals surface area contributed by atoms with Crippen LogP contribution in [0, 0.1) is 0 Å². The van der Waals surface area contributed by atoms with Gasteiger partial charge in [-0.25, -0.2) is 4.79 Å². The Morgan fingerprint density at radius 2 is 2.00 bits per heavy atom. The molecular weight excluding hydrogens is 322 g/mol. The molecular formula is C18H26N3O4+. The summed E-state index contributed by atoms with van der Waals surface area (Å²) >= 11 is 0. The maximum Gasteiger partial charge on any atom is 0.321 e. The number of carbonyl (C=O) groups excluding carboxylic acids is 2. The average molecular weight is 348 g/mol. The molecule has 3 amide bonds. The number of methoxy groups -OCH3 is 2. The quantitative estimate of drug-likeness (QED) is 0.696. The summed E-state index contributed by atoms with van der Waals surface area (Å²) in [5.41, 5.74) is 1.08. The van der Waals surface area contributed by atoms with Crippen LogP contribution in [0.3, 0.4) is 0 Å². The number of urea groups is 1. The molecule has 0 radical (unpaired) electrons. The summed E-state index contributed by atoms with van der Waals surface area (Å²) in [6.07, 6.45) is 4.02. The number of likely N-dealkylation sites (tertiary alicyclic amines) is 1. The predicted molar refractivity (Wildman–Crippen MR) is 91.9 cm³/mol. The van der Waals surface area contributed by atoms with E-state index in [1.165, 1.54) is 0 Å². The Hall–Kier alpha value is -2.28. The van der Waals surface area contributed by atoms with E-state index < -0.39 is 0 Å². The van der Waals surface area contributed by atoms with Gasteiger partial charge < -0.3 is 19.7 Å². The van der Waals surface area contributed by atoms with Crippen molar-refractivity contribution >= 4 is 11.9 Å². The van der Waals surface area contributed by atoms with Crippen molar-refractivity contribution in [3.63, 3.8) is 0 Å². The van der Waals surface area contributed by atoms with Gasteiger partial charge in [0.05, 0.1) is 26.3 Å². The number of hydrogen-bond acceptors (Lipinski definition) is 4. The van der Waals surface area contributed by atoms with Crippen molar-refractivity contribution in [1.29, 1.82) is 0 Å². The first-order chi connectivity index (χ1) is 12.1. The van der Waals surface area contributed by atoms with E-state index in [9.17, 15) is 9.59 Å². The first-order valence-electron chi connectivity index (χ1n) is 8.77. The van der Waals surface area contributed by atoms with Crippen LogP contribution in [-0.4, -0.2) is 45.3 Å². The van der Waals surface area contributed by atoms with Crippen LogP contribution in [0.4, 0.5) is 4.79 Å². The van der Waals surface area contributed by atoms with E-state index in [0.29, 0.717) is 0 Å². The minimum absolute atomic E-state index is 0.179. The molecule has 1 heterocycles. The monoisotopic (exact) mass is 348 g/mol. The summed E-state index contributed by atoms with van der Waals surface area (Å²) in [6.45, 7) is 1.18. The number of imide groups is 1. The molecule has 136 valence electrons. The Bertz CT molecular complexity index is 645. The standard InChI is InChI=1S/C18H25N3O4/c1-24-13-7-8-14(16(10-13)25-2)15-4-3-9-21(15)11-17(22)20-18(23)19-12-5-6-12/h7-8,10,12,15H,3-6,9,11H2,1-2H3,(H2,19,20,22,23)/p+1/t15-/m0/s1. The second-order valence-electron chi connectivity index (χ2n) is 6.68. The second-order valence-corrected chi connectivity index (χ2v) is 6.68. The van der Waals surface area contributed by atoms with Gasteiger partial charge in [-0.1, -0.05) is 0 Å². The highest BCUT2D eigenvalue weighted by molar-refractivity contribution is 5.94. The summed E-state index contributed by atoms with van der Waals surface area (Å²) in [6, 6.07) is 5.82. The van der Waals surface area contributed by atoms with E-state index >= 15 is 0 Å². The molecule has 1 saturated heterocycles. The summed E-state index contributed by atoms with van der Waals surface area (Å²) in [5, 5.41) is 5.21. The van der Waals surface area contributed by atoms with E-state index in [1.54, 1.807) is 14.2 Å². The van der Waals surface area contributed by atoms with Crippen LogP contribution in [0.15, 0.2) is 18.2 Å². The van der Waals surface area contributed by atoms with Gasteiger partial charge in [-0.3, -0.25) is 10.1 Å². The van der Waals surface area contributed by atoms with Crippen LogP contribution in [0.25, 0.3) is 0 Å². The molecule has 0 spiro atoms. The molecule has 3 rings (SSSR count). The highest BCUT2D eigenvalue weighted by Gasteiger charge is 2.34. The molecule has 25 heavy (non-hydrogen) atoms. The molecule has 2 atom stereocenters. The van der Waals surface area contributed by atoms with Crippen molar-refractivity contribution in [1.82, 2.24) is 10.6 Å². The lowest BCUT2D eigenvalue weighted by molar-refractivity contribution is -0.910. The molecule has 3 N–H and O–H groups in total. The third-order valence-electron chi connectivity index (χ3n) is 4.85. The molecule has 1 unspecified atom stereocenters. The van der Waals surface area contributed by atoms with Gasteiger partial charge >= 0.3 is 6.03 Å². The van der Waals surface area contributed by atoms with Crippen molar-refractivity contribution in [2.45, 2.75) is 37.8 Å². The molecule has 2 fully saturated rings. The van der Waals surface area contributed by atoms with Crippen molar-refractivity contribution < 1.29 is 24.0 Å². The van der Waals surface area contributed by atoms with Gasteiger partial charge in [0.2, 0.25) is 0 Å². The third kappa shape index (κ3) is 4.42. The van der Waals surface area contributed by atoms with Crippen molar-refractivity contribution in [2.75, 3.05) is 27.3 Å². The minimum Gasteiger partial charge on any atom is -0.497 e. The number of amides is 3. The smallest absolute Gasteiger partial charge is 0.321 e. The molecule has 0 aromatic heterocycles. The lowest BCUT2D eigenvalue weighted by Crippen LogP contribution is -3.11. The largest absolute Gasteiger partial charge is 0.497 e. The van der Waals surface area contributed by atoms with Gasteiger partial charge in [-0.2, -0.15) is 0 Å². The number of nitrogens with one attached hydrogen (secondary N) is 3. The summed E-state index contributed by atoms with van der Waals surface area (Å²) < 4.78 is 10.8. The van der Waals surface area contributed by atoms with E-state index in [0.717, 1.165) is 54.2 Å². The van der Waals surface area contributed by atoms with E-state index in [2.05, 4.69) is 10.6 Å². The predicted octanol–water partition coefficient (Wildman–Crippen LogP) is 0.412. The fourth-order valence-corrected chi connectivity index (χ4v) is 3.43. The number of rotatable bonds is 6. The van der Waals surface area contributed by atoms with Crippen LogP contribution in [0.1, 0.15) is 37.3 Å². The Kier molecular flexibility index (Phi) is 5.43. The lowest BCUT2D eigenvalue weighted by Gasteiger charge is -2.23. The summed E-state index contributed by atoms with van der Waals surface area (Å²) in [7, 11) is 3.26. The van der Waals surface area contributed by atoms with Gasteiger partial charge in [0.1, 0.15) is 17.5 Å². The van der Waals surface area contributed by atoms with Crippen LogP contribution in [0.5, 0.6) is 11.5 Å². The van der Waals surface area contributed by atoms with Gasteiger partial charge in [-0.15, -0.1) is 0 Å². The SMILES string of the molecule is COc1ccc([C@@H]2CCC[NH+]2CC(=O)NC(=O)NC2CC2)c(OC)c1. The molecule has 1 aromatic carbocycles. The van der Waals surface area contributed by atoms with Crippen molar-refractivity contribution in [3.05, 3.63) is 23.8 Å². The number of ether oxygens (including phenoxy) is 2. The molecule has 1 saturated carbocycles. The van der Waals surface area contributed by atoms with Crippen molar-refractivity contribution in [3.8, 4) is 11.5 Å². The molecule has 1 aliphatic heterocycles. The molecule has 1 aromatic rings. The third-order valence-corrected chi connectivity index (χ3v) is 4.85. The Labute approximate surface area is 147 Å². The first-order valence-corrected chi connectivity index (χ1v) is 8.77. The van der Waals surface area contributed by atoms with Crippen LogP contribution >= 0.6 is 0 Å². The number of carbonyl (C=O) groups is 2. The highest BCUT2D eigenvalue weighted by Crippen LogP contribution is 2.31. The van der Waals surface area contributed by atoms with Crippen LogP contribution < -0.4 is 25.0 Å². The van der Waals surface area contributed by atoms with Crippen LogP contribution in [0.2, 0.25) is 0 Å². The minimum atomic E-state index is -0.385. The van der Waals surface area contributed by atoms with E-state index in [4.69, 9.17) is 9.47 Å². The second kappa shape index (κ2) is 7.74. The number of quaternary nitrogens is 1. The van der Waals surface area contributed by atoms with E-state index in [1.807, 2.05) is 18.2 Å². The van der Waals surface area contributed by atoms with Gasteiger partial charge in [0.15, 0.2) is 6.54 Å². The Balaban J connectivity index is 1.63. The molecule has 7 nitrogen and oxygen atoms in total. The average Bonchev–Trinajstić information content (AvgIpc) is 3.29. The summed E-state index contributed by atoms with van der Waals surface area (Å²) in [5.74, 6) is 1.28. The lowest BCUT2D eigenvalue weighted by atomic mass is 10.0. The zero-order valence-corrected chi connectivity index (χ0v) is 14.8. The zero-order valence-electron chi connectivity index (χ0n) is 14.8. The topological polar surface area (TPSA) is 81.1 Å². The summed E-state index contributed by atoms with van der Waals surface area (Å²) in [4.78, 5) is 25.1. The maximum absolute atomic E-state index is 12.2. The van der Waals surface area contributed by atoms with Gasteiger partial charge in [0, 0.05) is 24.9 Å².